The van der Waals surface area contributed by atoms with Crippen molar-refractivity contribution >= 4 is 23.6 Å². The standard InChI is InChI=1S/C16H22ClN3O3/c1-11-10-19(14(21)13-6-5-12(17)9-18-13)7-8-20(11)15(22)23-16(2,3)4/h5-6,9,11H,7-8,10H2,1-4H3. The molecule has 0 aromatic carbocycles. The number of amides is 2. The Bertz CT molecular complexity index is 583. The van der Waals surface area contributed by atoms with E-state index in [2.05, 4.69) is 4.98 Å². The van der Waals surface area contributed by atoms with E-state index in [1.165, 1.54) is 6.20 Å². The number of hydrogen-bond donors (Lipinski definition) is 0. The van der Waals surface area contributed by atoms with Crippen LogP contribution in [0.5, 0.6) is 0 Å². The fraction of sp³-hybridized carbons (Fsp3) is 0.562. The van der Waals surface area contributed by atoms with Crippen LogP contribution in [-0.4, -0.2) is 58.1 Å². The lowest BCUT2D eigenvalue weighted by molar-refractivity contribution is 0.00190. The molecule has 0 aliphatic carbocycles. The van der Waals surface area contributed by atoms with Crippen molar-refractivity contribution in [1.29, 1.82) is 0 Å². The fourth-order valence-electron chi connectivity index (χ4n) is 2.40. The van der Waals surface area contributed by atoms with E-state index in [-0.39, 0.29) is 18.0 Å². The second-order valence-corrected chi connectivity index (χ2v) is 7.07. The van der Waals surface area contributed by atoms with E-state index in [4.69, 9.17) is 16.3 Å². The average Bonchev–Trinajstić information content (AvgIpc) is 2.45. The monoisotopic (exact) mass is 339 g/mol. The topological polar surface area (TPSA) is 62.7 Å². The van der Waals surface area contributed by atoms with Gasteiger partial charge in [0.25, 0.3) is 5.91 Å². The van der Waals surface area contributed by atoms with Gasteiger partial charge in [0.15, 0.2) is 0 Å². The molecule has 1 aromatic heterocycles. The zero-order chi connectivity index (χ0) is 17.2. The van der Waals surface area contributed by atoms with Crippen LogP contribution in [0.15, 0.2) is 18.3 Å². The van der Waals surface area contributed by atoms with Gasteiger partial charge < -0.3 is 14.5 Å². The summed E-state index contributed by atoms with van der Waals surface area (Å²) in [5, 5.41) is 0.490. The van der Waals surface area contributed by atoms with E-state index in [0.29, 0.717) is 30.4 Å². The number of halogens is 1. The Morgan fingerprint density at radius 1 is 1.30 bits per heavy atom. The van der Waals surface area contributed by atoms with Crippen LogP contribution in [0.2, 0.25) is 5.02 Å². The molecule has 0 N–H and O–H groups in total. The second kappa shape index (κ2) is 6.74. The Balaban J connectivity index is 1.99. The van der Waals surface area contributed by atoms with Gasteiger partial charge in [-0.2, -0.15) is 0 Å². The summed E-state index contributed by atoms with van der Waals surface area (Å²) in [7, 11) is 0. The van der Waals surface area contributed by atoms with Crippen LogP contribution in [0.4, 0.5) is 4.79 Å². The molecule has 1 atom stereocenters. The fourth-order valence-corrected chi connectivity index (χ4v) is 2.51. The number of aromatic nitrogens is 1. The van der Waals surface area contributed by atoms with Crippen LogP contribution in [0.3, 0.4) is 0 Å². The highest BCUT2D eigenvalue weighted by atomic mass is 35.5. The molecule has 6 nitrogen and oxygen atoms in total. The summed E-state index contributed by atoms with van der Waals surface area (Å²) in [5.74, 6) is -0.155. The third kappa shape index (κ3) is 4.58. The van der Waals surface area contributed by atoms with Gasteiger partial charge in [0.2, 0.25) is 0 Å². The van der Waals surface area contributed by atoms with Gasteiger partial charge in [0.05, 0.1) is 5.02 Å². The first-order valence-electron chi connectivity index (χ1n) is 7.58. The van der Waals surface area contributed by atoms with Gasteiger partial charge in [-0.1, -0.05) is 11.6 Å². The molecule has 1 fully saturated rings. The zero-order valence-corrected chi connectivity index (χ0v) is 14.6. The normalized spacial score (nSPS) is 18.7. The molecule has 0 radical (unpaired) electrons. The van der Waals surface area contributed by atoms with Crippen molar-refractivity contribution in [3.8, 4) is 0 Å². The molecule has 1 saturated heterocycles. The van der Waals surface area contributed by atoms with Crippen LogP contribution in [0.1, 0.15) is 38.2 Å². The number of rotatable bonds is 1. The van der Waals surface area contributed by atoms with Gasteiger partial charge >= 0.3 is 6.09 Å². The summed E-state index contributed by atoms with van der Waals surface area (Å²) in [5.41, 5.74) is -0.177. The highest BCUT2D eigenvalue weighted by Crippen LogP contribution is 2.17. The van der Waals surface area contributed by atoms with E-state index < -0.39 is 5.60 Å². The molecule has 7 heteroatoms. The first kappa shape index (κ1) is 17.5. The minimum atomic E-state index is -0.531. The molecule has 0 spiro atoms. The molecule has 126 valence electrons. The van der Waals surface area contributed by atoms with E-state index in [1.54, 1.807) is 21.9 Å². The Hall–Kier alpha value is -1.82. The molecule has 0 saturated carbocycles. The minimum absolute atomic E-state index is 0.116. The average molecular weight is 340 g/mol. The van der Waals surface area contributed by atoms with Gasteiger partial charge in [0.1, 0.15) is 11.3 Å². The summed E-state index contributed by atoms with van der Waals surface area (Å²) in [4.78, 5) is 32.0. The molecule has 1 aromatic rings. The largest absolute Gasteiger partial charge is 0.444 e. The molecule has 1 aliphatic rings. The minimum Gasteiger partial charge on any atom is -0.444 e. The highest BCUT2D eigenvalue weighted by molar-refractivity contribution is 6.30. The summed E-state index contributed by atoms with van der Waals surface area (Å²) < 4.78 is 5.40. The molecule has 1 aliphatic heterocycles. The summed E-state index contributed by atoms with van der Waals surface area (Å²) >= 11 is 5.79. The van der Waals surface area contributed by atoms with E-state index in [0.717, 1.165) is 0 Å². The molecule has 1 unspecified atom stereocenters. The third-order valence-corrected chi connectivity index (χ3v) is 3.71. The summed E-state index contributed by atoms with van der Waals surface area (Å²) in [6, 6.07) is 3.13. The van der Waals surface area contributed by atoms with Gasteiger partial charge in [-0.25, -0.2) is 9.78 Å². The smallest absolute Gasteiger partial charge is 0.410 e. The third-order valence-electron chi connectivity index (χ3n) is 3.49. The second-order valence-electron chi connectivity index (χ2n) is 6.64. The van der Waals surface area contributed by atoms with Gasteiger partial charge in [-0.15, -0.1) is 0 Å². The lowest BCUT2D eigenvalue weighted by atomic mass is 10.1. The van der Waals surface area contributed by atoms with Crippen LogP contribution in [0, 0.1) is 0 Å². The number of carbonyl (C=O) groups excluding carboxylic acids is 2. The first-order valence-corrected chi connectivity index (χ1v) is 7.95. The van der Waals surface area contributed by atoms with Crippen molar-refractivity contribution in [3.05, 3.63) is 29.0 Å². The number of hydrogen-bond acceptors (Lipinski definition) is 4. The zero-order valence-electron chi connectivity index (χ0n) is 13.9. The number of ether oxygens (including phenoxy) is 1. The number of pyridine rings is 1. The number of carbonyl (C=O) groups is 2. The molecule has 2 amide bonds. The highest BCUT2D eigenvalue weighted by Gasteiger charge is 2.33. The van der Waals surface area contributed by atoms with Crippen molar-refractivity contribution < 1.29 is 14.3 Å². The van der Waals surface area contributed by atoms with E-state index in [9.17, 15) is 9.59 Å². The lowest BCUT2D eigenvalue weighted by Crippen LogP contribution is -2.56. The molecule has 0 bridgehead atoms. The van der Waals surface area contributed by atoms with Crippen LogP contribution < -0.4 is 0 Å². The lowest BCUT2D eigenvalue weighted by Gasteiger charge is -2.40. The Kier molecular flexibility index (Phi) is 5.14. The van der Waals surface area contributed by atoms with E-state index in [1.807, 2.05) is 27.7 Å². The van der Waals surface area contributed by atoms with Crippen molar-refractivity contribution in [2.24, 2.45) is 0 Å². The van der Waals surface area contributed by atoms with E-state index >= 15 is 0 Å². The Labute approximate surface area is 141 Å². The summed E-state index contributed by atoms with van der Waals surface area (Å²) in [6.45, 7) is 8.74. The number of nitrogens with zero attached hydrogens (tertiary/aromatic N) is 3. The Morgan fingerprint density at radius 2 is 2.00 bits per heavy atom. The predicted molar refractivity (Wildman–Crippen MR) is 87.6 cm³/mol. The molecular formula is C16H22ClN3O3. The van der Waals surface area contributed by atoms with Crippen molar-refractivity contribution in [1.82, 2.24) is 14.8 Å². The predicted octanol–water partition coefficient (Wildman–Crippen LogP) is 2.82. The number of piperazine rings is 1. The van der Waals surface area contributed by atoms with Gasteiger partial charge in [-0.3, -0.25) is 4.79 Å². The SMILES string of the molecule is CC1CN(C(=O)c2ccc(Cl)cn2)CCN1C(=O)OC(C)(C)C. The maximum atomic E-state index is 12.4. The van der Waals surface area contributed by atoms with Crippen molar-refractivity contribution in [2.45, 2.75) is 39.3 Å². The van der Waals surface area contributed by atoms with Crippen molar-refractivity contribution in [2.75, 3.05) is 19.6 Å². The van der Waals surface area contributed by atoms with Crippen LogP contribution >= 0.6 is 11.6 Å². The summed E-state index contributed by atoms with van der Waals surface area (Å²) in [6.07, 6.45) is 1.11. The maximum Gasteiger partial charge on any atom is 0.410 e. The van der Waals surface area contributed by atoms with Crippen molar-refractivity contribution in [3.63, 3.8) is 0 Å². The maximum absolute atomic E-state index is 12.4. The molecule has 23 heavy (non-hydrogen) atoms. The Morgan fingerprint density at radius 3 is 2.52 bits per heavy atom. The van der Waals surface area contributed by atoms with Gasteiger partial charge in [-0.05, 0) is 39.8 Å². The first-order chi connectivity index (χ1) is 10.7. The van der Waals surface area contributed by atoms with Crippen LogP contribution in [-0.2, 0) is 4.74 Å². The molecule has 2 heterocycles. The van der Waals surface area contributed by atoms with Crippen LogP contribution in [0.25, 0.3) is 0 Å². The quantitative estimate of drug-likeness (QED) is 0.789. The molecule has 2 rings (SSSR count). The van der Waals surface area contributed by atoms with Gasteiger partial charge in [0, 0.05) is 31.9 Å². The molecular weight excluding hydrogens is 318 g/mol.